The Balaban J connectivity index is 1.92. The molecule has 0 atom stereocenters. The van der Waals surface area contributed by atoms with Gasteiger partial charge in [-0.15, -0.1) is 0 Å². The molecule has 1 saturated heterocycles. The van der Waals surface area contributed by atoms with Gasteiger partial charge in [-0.25, -0.2) is 0 Å². The van der Waals surface area contributed by atoms with E-state index in [2.05, 4.69) is 16.3 Å². The van der Waals surface area contributed by atoms with Crippen LogP contribution in [0.2, 0.25) is 0 Å². The van der Waals surface area contributed by atoms with E-state index in [0.717, 1.165) is 38.2 Å². The van der Waals surface area contributed by atoms with Crippen LogP contribution in [-0.4, -0.2) is 25.5 Å². The maximum absolute atomic E-state index is 10.9. The number of nitrogen functional groups attached to an aromatic ring is 1. The number of hydrogen-bond acceptors (Lipinski definition) is 4. The molecule has 0 spiro atoms. The summed E-state index contributed by atoms with van der Waals surface area (Å²) in [6.07, 6.45) is 2.11. The van der Waals surface area contributed by atoms with Crippen molar-refractivity contribution in [2.75, 3.05) is 30.3 Å². The molecule has 1 amide bonds. The fourth-order valence-electron chi connectivity index (χ4n) is 2.53. The molecule has 0 aliphatic carbocycles. The third-order valence-electron chi connectivity index (χ3n) is 3.77. The minimum Gasteiger partial charge on any atom is -0.398 e. The van der Waals surface area contributed by atoms with E-state index in [1.165, 1.54) is 0 Å². The van der Waals surface area contributed by atoms with Crippen molar-refractivity contribution in [2.24, 2.45) is 5.92 Å². The number of carbonyl (C=O) groups is 1. The smallest absolute Gasteiger partial charge is 0.216 e. The van der Waals surface area contributed by atoms with E-state index in [-0.39, 0.29) is 5.91 Å². The highest BCUT2D eigenvalue weighted by molar-refractivity contribution is 5.72. The fourth-order valence-corrected chi connectivity index (χ4v) is 2.53. The lowest BCUT2D eigenvalue weighted by Crippen LogP contribution is -2.38. The second-order valence-corrected chi connectivity index (χ2v) is 5.25. The largest absolute Gasteiger partial charge is 0.398 e. The van der Waals surface area contributed by atoms with Gasteiger partial charge in [-0.1, -0.05) is 0 Å². The molecule has 1 heterocycles. The van der Waals surface area contributed by atoms with Crippen LogP contribution in [0.4, 0.5) is 11.4 Å². The molecule has 1 aromatic carbocycles. The van der Waals surface area contributed by atoms with Crippen molar-refractivity contribution in [3.8, 4) is 6.07 Å². The summed E-state index contributed by atoms with van der Waals surface area (Å²) >= 11 is 0. The van der Waals surface area contributed by atoms with Crippen LogP contribution >= 0.6 is 0 Å². The Kier molecular flexibility index (Phi) is 4.46. The molecule has 1 fully saturated rings. The minimum atomic E-state index is 0.0345. The lowest BCUT2D eigenvalue weighted by molar-refractivity contribution is -0.119. The van der Waals surface area contributed by atoms with Crippen molar-refractivity contribution >= 4 is 17.3 Å². The molecule has 1 aliphatic rings. The van der Waals surface area contributed by atoms with Gasteiger partial charge in [0.05, 0.1) is 11.3 Å². The number of nitrogens with zero attached hydrogens (tertiary/aromatic N) is 2. The van der Waals surface area contributed by atoms with E-state index >= 15 is 0 Å². The Bertz CT molecular complexity index is 527. The summed E-state index contributed by atoms with van der Waals surface area (Å²) in [5.74, 6) is 0.582. The van der Waals surface area contributed by atoms with Gasteiger partial charge >= 0.3 is 0 Å². The van der Waals surface area contributed by atoms with Gasteiger partial charge in [0.15, 0.2) is 0 Å². The van der Waals surface area contributed by atoms with E-state index in [1.807, 2.05) is 12.1 Å². The van der Waals surface area contributed by atoms with E-state index in [9.17, 15) is 4.79 Å². The summed E-state index contributed by atoms with van der Waals surface area (Å²) in [5.41, 5.74) is 7.97. The Morgan fingerprint density at radius 1 is 1.50 bits per heavy atom. The molecular weight excluding hydrogens is 252 g/mol. The van der Waals surface area contributed by atoms with Crippen LogP contribution in [0.5, 0.6) is 0 Å². The number of piperidine rings is 1. The van der Waals surface area contributed by atoms with Gasteiger partial charge < -0.3 is 16.0 Å². The van der Waals surface area contributed by atoms with Crippen LogP contribution in [0, 0.1) is 17.2 Å². The zero-order valence-electron chi connectivity index (χ0n) is 11.7. The summed E-state index contributed by atoms with van der Waals surface area (Å²) in [5, 5.41) is 11.8. The summed E-state index contributed by atoms with van der Waals surface area (Å²) in [6, 6.07) is 7.66. The lowest BCUT2D eigenvalue weighted by Gasteiger charge is -2.33. The van der Waals surface area contributed by atoms with Gasteiger partial charge in [-0.3, -0.25) is 4.79 Å². The van der Waals surface area contributed by atoms with Crippen LogP contribution in [0.25, 0.3) is 0 Å². The average molecular weight is 272 g/mol. The Labute approximate surface area is 119 Å². The topological polar surface area (TPSA) is 82.2 Å². The molecule has 5 nitrogen and oxygen atoms in total. The van der Waals surface area contributed by atoms with E-state index in [0.29, 0.717) is 17.2 Å². The predicted molar refractivity (Wildman–Crippen MR) is 79.2 cm³/mol. The van der Waals surface area contributed by atoms with E-state index in [1.54, 1.807) is 13.0 Å². The van der Waals surface area contributed by atoms with Crippen molar-refractivity contribution in [1.82, 2.24) is 5.32 Å². The van der Waals surface area contributed by atoms with Gasteiger partial charge in [-0.05, 0) is 37.0 Å². The van der Waals surface area contributed by atoms with Crippen molar-refractivity contribution < 1.29 is 4.79 Å². The van der Waals surface area contributed by atoms with Gasteiger partial charge in [-0.2, -0.15) is 5.26 Å². The average Bonchev–Trinajstić information content (AvgIpc) is 2.45. The zero-order valence-corrected chi connectivity index (χ0v) is 11.7. The first-order valence-electron chi connectivity index (χ1n) is 6.89. The normalized spacial score (nSPS) is 15.7. The van der Waals surface area contributed by atoms with Crippen LogP contribution < -0.4 is 16.0 Å². The van der Waals surface area contributed by atoms with Crippen LogP contribution in [0.3, 0.4) is 0 Å². The number of rotatable bonds is 3. The highest BCUT2D eigenvalue weighted by Gasteiger charge is 2.19. The highest BCUT2D eigenvalue weighted by atomic mass is 16.1. The molecule has 0 bridgehead atoms. The maximum atomic E-state index is 10.9. The first kappa shape index (κ1) is 14.2. The molecular formula is C15H20N4O. The number of nitriles is 1. The second-order valence-electron chi connectivity index (χ2n) is 5.25. The number of nitrogens with two attached hydrogens (primary N) is 1. The van der Waals surface area contributed by atoms with Gasteiger partial charge in [0.2, 0.25) is 5.91 Å². The molecule has 1 aromatic rings. The number of amides is 1. The van der Waals surface area contributed by atoms with Gasteiger partial charge in [0, 0.05) is 32.2 Å². The Morgan fingerprint density at radius 2 is 2.20 bits per heavy atom. The standard InChI is InChI=1S/C15H20N4O/c1-11(20)18-10-12-4-6-19(7-5-12)14-3-2-13(9-16)15(17)8-14/h2-3,8,12H,4-7,10,17H2,1H3,(H,18,20). The third kappa shape index (κ3) is 3.41. The van der Waals surface area contributed by atoms with Crippen molar-refractivity contribution in [1.29, 1.82) is 5.26 Å². The quantitative estimate of drug-likeness (QED) is 0.817. The Hall–Kier alpha value is -2.22. The SMILES string of the molecule is CC(=O)NCC1CCN(c2ccc(C#N)c(N)c2)CC1. The predicted octanol–water partition coefficient (Wildman–Crippen LogP) is 1.49. The number of anilines is 2. The maximum Gasteiger partial charge on any atom is 0.216 e. The molecule has 5 heteroatoms. The molecule has 2 rings (SSSR count). The van der Waals surface area contributed by atoms with E-state index in [4.69, 9.17) is 11.0 Å². The Morgan fingerprint density at radius 3 is 2.75 bits per heavy atom. The summed E-state index contributed by atoms with van der Waals surface area (Å²) in [7, 11) is 0. The van der Waals surface area contributed by atoms with Crippen LogP contribution in [0.1, 0.15) is 25.3 Å². The monoisotopic (exact) mass is 272 g/mol. The highest BCUT2D eigenvalue weighted by Crippen LogP contribution is 2.26. The summed E-state index contributed by atoms with van der Waals surface area (Å²) in [4.78, 5) is 13.2. The lowest BCUT2D eigenvalue weighted by atomic mass is 9.96. The molecule has 0 saturated carbocycles. The molecule has 20 heavy (non-hydrogen) atoms. The third-order valence-corrected chi connectivity index (χ3v) is 3.77. The van der Waals surface area contributed by atoms with Gasteiger partial charge in [0.1, 0.15) is 6.07 Å². The minimum absolute atomic E-state index is 0.0345. The van der Waals surface area contributed by atoms with Crippen molar-refractivity contribution in [3.63, 3.8) is 0 Å². The molecule has 1 aliphatic heterocycles. The molecule has 0 aromatic heterocycles. The first-order chi connectivity index (χ1) is 9.60. The number of nitrogens with one attached hydrogen (secondary N) is 1. The number of carbonyl (C=O) groups excluding carboxylic acids is 1. The molecule has 3 N–H and O–H groups in total. The van der Waals surface area contributed by atoms with Crippen LogP contribution in [-0.2, 0) is 4.79 Å². The number of hydrogen-bond donors (Lipinski definition) is 2. The van der Waals surface area contributed by atoms with Crippen molar-refractivity contribution in [3.05, 3.63) is 23.8 Å². The molecule has 0 unspecified atom stereocenters. The summed E-state index contributed by atoms with van der Waals surface area (Å²) < 4.78 is 0. The van der Waals surface area contributed by atoms with Crippen molar-refractivity contribution in [2.45, 2.75) is 19.8 Å². The van der Waals surface area contributed by atoms with Crippen LogP contribution in [0.15, 0.2) is 18.2 Å². The van der Waals surface area contributed by atoms with Gasteiger partial charge in [0.25, 0.3) is 0 Å². The summed E-state index contributed by atoms with van der Waals surface area (Å²) in [6.45, 7) is 4.22. The molecule has 0 radical (unpaired) electrons. The molecule has 106 valence electrons. The first-order valence-corrected chi connectivity index (χ1v) is 6.89. The van der Waals surface area contributed by atoms with E-state index < -0.39 is 0 Å². The second kappa shape index (κ2) is 6.29. The number of benzene rings is 1. The zero-order chi connectivity index (χ0) is 14.5. The fraction of sp³-hybridized carbons (Fsp3) is 0.467.